The largest absolute Gasteiger partial charge is 0.497 e. The van der Waals surface area contributed by atoms with Crippen LogP contribution in [0.1, 0.15) is 10.6 Å². The van der Waals surface area contributed by atoms with E-state index in [0.29, 0.717) is 29.6 Å². The lowest BCUT2D eigenvalue weighted by molar-refractivity contribution is 0.0652. The van der Waals surface area contributed by atoms with Crippen molar-refractivity contribution >= 4 is 17.5 Å². The van der Waals surface area contributed by atoms with Gasteiger partial charge in [0.15, 0.2) is 5.82 Å². The zero-order valence-electron chi connectivity index (χ0n) is 16.4. The Morgan fingerprint density at radius 3 is 2.38 bits per heavy atom. The summed E-state index contributed by atoms with van der Waals surface area (Å²) < 4.78 is 6.87. The predicted octanol–water partition coefficient (Wildman–Crippen LogP) is 2.98. The van der Waals surface area contributed by atoms with Crippen LogP contribution in [-0.2, 0) is 0 Å². The van der Waals surface area contributed by atoms with Crippen LogP contribution in [-0.4, -0.2) is 70.8 Å². The second kappa shape index (κ2) is 8.23. The molecule has 1 saturated heterocycles. The van der Waals surface area contributed by atoms with Gasteiger partial charge in [0.05, 0.1) is 17.8 Å². The first-order valence-corrected chi connectivity index (χ1v) is 9.79. The molecule has 0 radical (unpaired) electrons. The van der Waals surface area contributed by atoms with Gasteiger partial charge in [-0.05, 0) is 43.4 Å². The van der Waals surface area contributed by atoms with Gasteiger partial charge in [-0.3, -0.25) is 4.79 Å². The van der Waals surface area contributed by atoms with Crippen LogP contribution in [0.4, 0.5) is 0 Å². The van der Waals surface area contributed by atoms with Crippen LogP contribution < -0.4 is 4.74 Å². The number of amides is 1. The molecule has 1 aliphatic heterocycles. The van der Waals surface area contributed by atoms with Crippen LogP contribution in [0.3, 0.4) is 0 Å². The van der Waals surface area contributed by atoms with Crippen LogP contribution in [0.25, 0.3) is 17.1 Å². The van der Waals surface area contributed by atoms with E-state index in [0.717, 1.165) is 24.4 Å². The number of para-hydroxylation sites is 1. The first-order valence-electron chi connectivity index (χ1n) is 9.41. The van der Waals surface area contributed by atoms with Crippen molar-refractivity contribution in [2.75, 3.05) is 40.3 Å². The van der Waals surface area contributed by atoms with Gasteiger partial charge in [-0.25, -0.2) is 9.67 Å². The van der Waals surface area contributed by atoms with E-state index in [-0.39, 0.29) is 11.7 Å². The Labute approximate surface area is 174 Å². The van der Waals surface area contributed by atoms with E-state index in [9.17, 15) is 4.79 Å². The van der Waals surface area contributed by atoms with Gasteiger partial charge in [-0.15, -0.1) is 5.10 Å². The van der Waals surface area contributed by atoms with Crippen molar-refractivity contribution in [3.63, 3.8) is 0 Å². The Hall–Kier alpha value is -2.90. The van der Waals surface area contributed by atoms with Gasteiger partial charge in [0.1, 0.15) is 5.75 Å². The molecule has 1 fully saturated rings. The van der Waals surface area contributed by atoms with Gasteiger partial charge in [-0.1, -0.05) is 23.7 Å². The minimum Gasteiger partial charge on any atom is -0.497 e. The number of ether oxygens (including phenoxy) is 1. The Balaban J connectivity index is 1.76. The van der Waals surface area contributed by atoms with Crippen LogP contribution in [0.5, 0.6) is 5.75 Å². The second-order valence-corrected chi connectivity index (χ2v) is 7.35. The van der Waals surface area contributed by atoms with E-state index >= 15 is 0 Å². The number of hydrogen-bond acceptors (Lipinski definition) is 5. The highest BCUT2D eigenvalue weighted by molar-refractivity contribution is 6.32. The molecule has 29 heavy (non-hydrogen) atoms. The molecule has 1 amide bonds. The third-order valence-corrected chi connectivity index (χ3v) is 5.34. The van der Waals surface area contributed by atoms with Crippen molar-refractivity contribution in [1.29, 1.82) is 0 Å². The minimum atomic E-state index is -0.168. The molecule has 7 nitrogen and oxygen atoms in total. The highest BCUT2D eigenvalue weighted by atomic mass is 35.5. The molecule has 0 atom stereocenters. The molecular weight excluding hydrogens is 390 g/mol. The lowest BCUT2D eigenvalue weighted by Gasteiger charge is -2.31. The lowest BCUT2D eigenvalue weighted by atomic mass is 10.2. The maximum Gasteiger partial charge on any atom is 0.293 e. The van der Waals surface area contributed by atoms with E-state index in [4.69, 9.17) is 16.3 Å². The van der Waals surface area contributed by atoms with Crippen LogP contribution in [0.15, 0.2) is 48.5 Å². The zero-order valence-corrected chi connectivity index (χ0v) is 17.1. The van der Waals surface area contributed by atoms with E-state index < -0.39 is 0 Å². The maximum absolute atomic E-state index is 13.0. The van der Waals surface area contributed by atoms with Gasteiger partial charge >= 0.3 is 0 Å². The van der Waals surface area contributed by atoms with Gasteiger partial charge in [0, 0.05) is 31.7 Å². The summed E-state index contributed by atoms with van der Waals surface area (Å²) in [7, 11) is 3.67. The normalized spacial score (nSPS) is 14.8. The summed E-state index contributed by atoms with van der Waals surface area (Å²) in [6.07, 6.45) is 0. The summed E-state index contributed by atoms with van der Waals surface area (Å²) in [4.78, 5) is 21.6. The molecule has 0 N–H and O–H groups in total. The van der Waals surface area contributed by atoms with Gasteiger partial charge in [-0.2, -0.15) is 0 Å². The SMILES string of the molecule is COc1ccc(-c2nc(C(=O)N3CCN(C)CC3)nn2-c2ccccc2Cl)cc1. The number of likely N-dealkylation sites (N-methyl/N-ethyl adjacent to an activating group) is 1. The van der Waals surface area contributed by atoms with E-state index in [1.807, 2.05) is 49.5 Å². The topological polar surface area (TPSA) is 63.5 Å². The molecule has 0 unspecified atom stereocenters. The molecular formula is C21H22ClN5O2. The number of methoxy groups -OCH3 is 1. The summed E-state index contributed by atoms with van der Waals surface area (Å²) in [5, 5.41) is 5.07. The Morgan fingerprint density at radius 2 is 1.72 bits per heavy atom. The molecule has 0 spiro atoms. The van der Waals surface area contributed by atoms with Gasteiger partial charge in [0.25, 0.3) is 5.91 Å². The molecule has 150 valence electrons. The maximum atomic E-state index is 13.0. The number of aromatic nitrogens is 3. The first kappa shape index (κ1) is 19.4. The molecule has 3 aromatic rings. The minimum absolute atomic E-state index is 0.167. The Bertz CT molecular complexity index is 1010. The predicted molar refractivity (Wildman–Crippen MR) is 112 cm³/mol. The molecule has 8 heteroatoms. The monoisotopic (exact) mass is 411 g/mol. The average molecular weight is 412 g/mol. The van der Waals surface area contributed by atoms with Crippen molar-refractivity contribution in [3.05, 3.63) is 59.4 Å². The summed E-state index contributed by atoms with van der Waals surface area (Å²) in [6, 6.07) is 14.9. The molecule has 2 aromatic carbocycles. The lowest BCUT2D eigenvalue weighted by Crippen LogP contribution is -2.47. The van der Waals surface area contributed by atoms with E-state index in [2.05, 4.69) is 15.0 Å². The fourth-order valence-corrected chi connectivity index (χ4v) is 3.49. The smallest absolute Gasteiger partial charge is 0.293 e. The van der Waals surface area contributed by atoms with Gasteiger partial charge < -0.3 is 14.5 Å². The Kier molecular flexibility index (Phi) is 5.51. The summed E-state index contributed by atoms with van der Waals surface area (Å²) in [5.41, 5.74) is 1.49. The molecule has 0 aliphatic carbocycles. The number of carbonyl (C=O) groups excluding carboxylic acids is 1. The summed E-state index contributed by atoms with van der Waals surface area (Å²) >= 11 is 6.41. The van der Waals surface area contributed by atoms with Crippen LogP contribution in [0, 0.1) is 0 Å². The third-order valence-electron chi connectivity index (χ3n) is 5.02. The number of rotatable bonds is 4. The third kappa shape index (κ3) is 3.97. The summed E-state index contributed by atoms with van der Waals surface area (Å²) in [6.45, 7) is 2.99. The molecule has 2 heterocycles. The number of nitrogens with zero attached hydrogens (tertiary/aromatic N) is 5. The van der Waals surface area contributed by atoms with Crippen molar-refractivity contribution < 1.29 is 9.53 Å². The van der Waals surface area contributed by atoms with Gasteiger partial charge in [0.2, 0.25) is 5.82 Å². The van der Waals surface area contributed by atoms with Crippen molar-refractivity contribution in [2.24, 2.45) is 0 Å². The Morgan fingerprint density at radius 1 is 1.03 bits per heavy atom. The summed E-state index contributed by atoms with van der Waals surface area (Å²) in [5.74, 6) is 1.29. The first-order chi connectivity index (χ1) is 14.1. The highest BCUT2D eigenvalue weighted by Gasteiger charge is 2.26. The highest BCUT2D eigenvalue weighted by Crippen LogP contribution is 2.27. The van der Waals surface area contributed by atoms with Crippen LogP contribution in [0.2, 0.25) is 5.02 Å². The molecule has 0 bridgehead atoms. The van der Waals surface area contributed by atoms with Crippen molar-refractivity contribution in [2.45, 2.75) is 0 Å². The van der Waals surface area contributed by atoms with Crippen molar-refractivity contribution in [1.82, 2.24) is 24.6 Å². The fourth-order valence-electron chi connectivity index (χ4n) is 3.27. The van der Waals surface area contributed by atoms with E-state index in [1.165, 1.54) is 0 Å². The molecule has 1 aromatic heterocycles. The molecule has 1 aliphatic rings. The fraction of sp³-hybridized carbons (Fsp3) is 0.286. The van der Waals surface area contributed by atoms with E-state index in [1.54, 1.807) is 22.8 Å². The standard InChI is InChI=1S/C21H22ClN5O2/c1-25-11-13-26(14-12-25)21(28)19-23-20(15-7-9-16(29-2)10-8-15)27(24-19)18-6-4-3-5-17(18)22/h3-10H,11-14H2,1-2H3. The average Bonchev–Trinajstić information content (AvgIpc) is 3.19. The molecule has 0 saturated carbocycles. The number of piperazine rings is 1. The van der Waals surface area contributed by atoms with Crippen molar-refractivity contribution in [3.8, 4) is 22.8 Å². The van der Waals surface area contributed by atoms with Crippen LogP contribution >= 0.6 is 11.6 Å². The molecule has 4 rings (SSSR count). The number of hydrogen-bond donors (Lipinski definition) is 0. The quantitative estimate of drug-likeness (QED) is 0.660. The number of benzene rings is 2. The number of carbonyl (C=O) groups is 1. The second-order valence-electron chi connectivity index (χ2n) is 6.95. The number of halogens is 1. The zero-order chi connectivity index (χ0) is 20.4.